The molecule has 0 aliphatic rings. The summed E-state index contributed by atoms with van der Waals surface area (Å²) in [7, 11) is 0. The van der Waals surface area contributed by atoms with Crippen LogP contribution in [0.2, 0.25) is 0 Å². The maximum atomic E-state index is 10.0. The molecule has 0 amide bonds. The number of alkyl halides is 1. The van der Waals surface area contributed by atoms with Gasteiger partial charge in [-0.1, -0.05) is 15.9 Å². The summed E-state index contributed by atoms with van der Waals surface area (Å²) in [4.78, 5) is 14.0. The van der Waals surface area contributed by atoms with Crippen LogP contribution in [0.4, 0.5) is 0 Å². The highest BCUT2D eigenvalue weighted by atomic mass is 79.9. The Morgan fingerprint density at radius 1 is 1.89 bits per heavy atom. The molecule has 0 bridgehead atoms. The topological polar surface area (TPSA) is 72.5 Å². The fourth-order valence-corrected chi connectivity index (χ4v) is 0.550. The molecule has 3 N–H and O–H groups in total. The summed E-state index contributed by atoms with van der Waals surface area (Å²) < 4.78 is 0. The Morgan fingerprint density at radius 2 is 2.44 bits per heavy atom. The number of rotatable bonds is 3. The lowest BCUT2D eigenvalue weighted by Gasteiger charge is -1.94. The summed E-state index contributed by atoms with van der Waals surface area (Å²) in [6.07, 6.45) is 1.31. The van der Waals surface area contributed by atoms with E-state index in [2.05, 4.69) is 26.7 Å². The second-order valence-corrected chi connectivity index (χ2v) is 1.79. The van der Waals surface area contributed by atoms with Gasteiger partial charge in [-0.2, -0.15) is 5.90 Å². The molecule has 0 atom stereocenters. The second-order valence-electron chi connectivity index (χ2n) is 1.15. The normalized spacial score (nSPS) is 11.1. The zero-order valence-electron chi connectivity index (χ0n) is 4.50. The van der Waals surface area contributed by atoms with Crippen LogP contribution < -0.4 is 5.90 Å². The van der Waals surface area contributed by atoms with E-state index in [0.717, 1.165) is 0 Å². The lowest BCUT2D eigenvalue weighted by molar-refractivity contribution is -0.136. The number of carboxylic acids is 1. The van der Waals surface area contributed by atoms with Crippen LogP contribution in [-0.4, -0.2) is 16.4 Å². The third-order valence-electron chi connectivity index (χ3n) is 0.600. The number of halogens is 1. The van der Waals surface area contributed by atoms with Crippen molar-refractivity contribution in [2.24, 2.45) is 5.90 Å². The van der Waals surface area contributed by atoms with Crippen molar-refractivity contribution in [1.29, 1.82) is 0 Å². The van der Waals surface area contributed by atoms with Gasteiger partial charge < -0.3 is 9.94 Å². The van der Waals surface area contributed by atoms with E-state index in [1.54, 1.807) is 0 Å². The molecule has 0 rings (SSSR count). The SMILES string of the molecule is NOC(=CCBr)C(=O)O. The molecular weight excluding hydrogens is 190 g/mol. The van der Waals surface area contributed by atoms with E-state index in [-0.39, 0.29) is 5.76 Å². The lowest BCUT2D eigenvalue weighted by Crippen LogP contribution is -2.09. The molecule has 52 valence electrons. The lowest BCUT2D eigenvalue weighted by atomic mass is 10.5. The molecule has 9 heavy (non-hydrogen) atoms. The van der Waals surface area contributed by atoms with Crippen LogP contribution in [0, 0.1) is 0 Å². The number of hydrogen-bond donors (Lipinski definition) is 2. The second kappa shape index (κ2) is 4.34. The maximum absolute atomic E-state index is 10.0. The number of allylic oxidation sites excluding steroid dienone is 1. The Balaban J connectivity index is 3.98. The number of aliphatic carboxylic acids is 1. The van der Waals surface area contributed by atoms with Crippen LogP contribution in [-0.2, 0) is 9.63 Å². The van der Waals surface area contributed by atoms with Crippen LogP contribution in [0.1, 0.15) is 0 Å². The van der Waals surface area contributed by atoms with Gasteiger partial charge in [0.15, 0.2) is 0 Å². The number of hydrogen-bond acceptors (Lipinski definition) is 3. The van der Waals surface area contributed by atoms with E-state index >= 15 is 0 Å². The fraction of sp³-hybridized carbons (Fsp3) is 0.250. The van der Waals surface area contributed by atoms with Crippen LogP contribution in [0.15, 0.2) is 11.8 Å². The van der Waals surface area contributed by atoms with Crippen molar-refractivity contribution < 1.29 is 14.7 Å². The maximum Gasteiger partial charge on any atom is 0.373 e. The Labute approximate surface area is 60.4 Å². The largest absolute Gasteiger partial charge is 0.475 e. The van der Waals surface area contributed by atoms with Crippen LogP contribution in [0.25, 0.3) is 0 Å². The zero-order valence-corrected chi connectivity index (χ0v) is 6.09. The first kappa shape index (κ1) is 8.45. The zero-order chi connectivity index (χ0) is 7.28. The van der Waals surface area contributed by atoms with Crippen molar-refractivity contribution >= 4 is 21.9 Å². The first-order valence-corrected chi connectivity index (χ1v) is 3.20. The molecule has 0 aliphatic carbocycles. The summed E-state index contributed by atoms with van der Waals surface area (Å²) in [6, 6.07) is 0. The molecule has 0 spiro atoms. The van der Waals surface area contributed by atoms with Crippen molar-refractivity contribution in [3.05, 3.63) is 11.8 Å². The molecule has 5 heteroatoms. The first-order valence-electron chi connectivity index (χ1n) is 2.08. The number of nitrogens with two attached hydrogens (primary N) is 1. The van der Waals surface area contributed by atoms with Gasteiger partial charge in [0.25, 0.3) is 0 Å². The smallest absolute Gasteiger partial charge is 0.373 e. The Kier molecular flexibility index (Phi) is 4.08. The van der Waals surface area contributed by atoms with Crippen LogP contribution in [0.5, 0.6) is 0 Å². The summed E-state index contributed by atoms with van der Waals surface area (Å²) in [6.45, 7) is 0. The highest BCUT2D eigenvalue weighted by Crippen LogP contribution is 1.94. The minimum atomic E-state index is -1.17. The van der Waals surface area contributed by atoms with Gasteiger partial charge >= 0.3 is 5.97 Å². The van der Waals surface area contributed by atoms with Gasteiger partial charge in [0.1, 0.15) is 0 Å². The van der Waals surface area contributed by atoms with E-state index in [4.69, 9.17) is 5.11 Å². The van der Waals surface area contributed by atoms with E-state index in [9.17, 15) is 4.79 Å². The van der Waals surface area contributed by atoms with E-state index < -0.39 is 5.97 Å². The van der Waals surface area contributed by atoms with E-state index in [1.165, 1.54) is 6.08 Å². The van der Waals surface area contributed by atoms with Gasteiger partial charge in [-0.05, 0) is 6.08 Å². The first-order chi connectivity index (χ1) is 4.22. The molecule has 0 aromatic heterocycles. The molecule has 0 aliphatic heterocycles. The molecule has 0 saturated carbocycles. The molecule has 0 aromatic rings. The molecule has 0 heterocycles. The van der Waals surface area contributed by atoms with Crippen molar-refractivity contribution in [2.45, 2.75) is 0 Å². The minimum absolute atomic E-state index is 0.258. The molecule has 0 saturated heterocycles. The van der Waals surface area contributed by atoms with E-state index in [1.807, 2.05) is 0 Å². The van der Waals surface area contributed by atoms with Crippen molar-refractivity contribution in [3.63, 3.8) is 0 Å². The van der Waals surface area contributed by atoms with Gasteiger partial charge in [-0.15, -0.1) is 0 Å². The van der Waals surface area contributed by atoms with Crippen molar-refractivity contribution in [2.75, 3.05) is 5.33 Å². The monoisotopic (exact) mass is 195 g/mol. The molecule has 0 aromatic carbocycles. The van der Waals surface area contributed by atoms with Crippen LogP contribution in [0.3, 0.4) is 0 Å². The summed E-state index contributed by atoms with van der Waals surface area (Å²) in [5.74, 6) is 3.16. The van der Waals surface area contributed by atoms with Gasteiger partial charge in [0.2, 0.25) is 5.76 Å². The number of carbonyl (C=O) groups is 1. The average Bonchev–Trinajstić information content (AvgIpc) is 1.82. The van der Waals surface area contributed by atoms with Gasteiger partial charge in [-0.25, -0.2) is 4.79 Å². The molecule has 4 nitrogen and oxygen atoms in total. The summed E-state index contributed by atoms with van der Waals surface area (Å²) in [5.41, 5.74) is 0. The average molecular weight is 196 g/mol. The summed E-state index contributed by atoms with van der Waals surface area (Å²) in [5, 5.41) is 8.62. The third-order valence-corrected chi connectivity index (χ3v) is 0.924. The van der Waals surface area contributed by atoms with Crippen molar-refractivity contribution in [1.82, 2.24) is 0 Å². The van der Waals surface area contributed by atoms with Gasteiger partial charge in [-0.3, -0.25) is 0 Å². The molecular formula is C4H6BrNO3. The predicted octanol–water partition coefficient (Wildman–Crippen LogP) is 0.240. The minimum Gasteiger partial charge on any atom is -0.475 e. The van der Waals surface area contributed by atoms with Gasteiger partial charge in [0.05, 0.1) is 0 Å². The van der Waals surface area contributed by atoms with Crippen LogP contribution >= 0.6 is 15.9 Å². The highest BCUT2D eigenvalue weighted by Gasteiger charge is 2.04. The fourth-order valence-electron chi connectivity index (χ4n) is 0.256. The highest BCUT2D eigenvalue weighted by molar-refractivity contribution is 9.09. The van der Waals surface area contributed by atoms with Gasteiger partial charge in [0, 0.05) is 5.33 Å². The van der Waals surface area contributed by atoms with E-state index in [0.29, 0.717) is 5.33 Å². The quantitative estimate of drug-likeness (QED) is 0.293. The Bertz CT molecular complexity index is 134. The molecule has 0 unspecified atom stereocenters. The Hall–Kier alpha value is -0.550. The molecule has 0 fully saturated rings. The predicted molar refractivity (Wildman–Crippen MR) is 34.8 cm³/mol. The third kappa shape index (κ3) is 3.10. The summed E-state index contributed by atoms with van der Waals surface area (Å²) >= 11 is 2.98. The number of carboxylic acid groups (broad SMARTS) is 1. The van der Waals surface area contributed by atoms with Crippen molar-refractivity contribution in [3.8, 4) is 0 Å². The molecule has 0 radical (unpaired) electrons. The Morgan fingerprint density at radius 3 is 2.56 bits per heavy atom. The standard InChI is InChI=1S/C4H6BrNO3/c5-2-1-3(9-6)4(7)8/h1H,2,6H2,(H,7,8).